The zero-order valence-electron chi connectivity index (χ0n) is 11.3. The number of aliphatic hydroxyl groups excluding tert-OH is 1. The molecule has 3 nitrogen and oxygen atoms in total. The van der Waals surface area contributed by atoms with Crippen LogP contribution in [-0.4, -0.2) is 18.1 Å². The van der Waals surface area contributed by atoms with Crippen LogP contribution in [0.1, 0.15) is 17.2 Å². The molecule has 1 aliphatic rings. The van der Waals surface area contributed by atoms with Crippen molar-refractivity contribution in [2.45, 2.75) is 22.8 Å². The van der Waals surface area contributed by atoms with Crippen molar-refractivity contribution in [2.24, 2.45) is 0 Å². The summed E-state index contributed by atoms with van der Waals surface area (Å²) < 4.78 is 0. The number of rotatable bonds is 2. The Bertz CT molecular complexity index is 667. The molecule has 1 heterocycles. The van der Waals surface area contributed by atoms with Gasteiger partial charge in [-0.05, 0) is 31.2 Å². The molecule has 3 rings (SSSR count). The topological polar surface area (TPSA) is 40.5 Å². The zero-order valence-corrected chi connectivity index (χ0v) is 12.1. The molecule has 1 N–H and O–H groups in total. The van der Waals surface area contributed by atoms with Gasteiger partial charge in [-0.25, -0.2) is 0 Å². The monoisotopic (exact) mass is 285 g/mol. The Labute approximate surface area is 122 Å². The van der Waals surface area contributed by atoms with Crippen LogP contribution in [0, 0.1) is 6.92 Å². The number of aryl methyl sites for hydroxylation is 1. The van der Waals surface area contributed by atoms with E-state index in [9.17, 15) is 9.90 Å². The van der Waals surface area contributed by atoms with Gasteiger partial charge in [0.2, 0.25) is 0 Å². The van der Waals surface area contributed by atoms with Crippen molar-refractivity contribution in [3.8, 4) is 0 Å². The molecule has 4 heteroatoms. The number of carbonyl (C=O) groups excluding carboxylic acids is 1. The zero-order chi connectivity index (χ0) is 14.3. The maximum Gasteiger partial charge on any atom is 0.260 e. The van der Waals surface area contributed by atoms with E-state index >= 15 is 0 Å². The minimum Gasteiger partial charge on any atom is -0.378 e. The molecule has 20 heavy (non-hydrogen) atoms. The summed E-state index contributed by atoms with van der Waals surface area (Å²) in [6, 6.07) is 14.0. The molecule has 0 aliphatic carbocycles. The van der Waals surface area contributed by atoms with Crippen LogP contribution in [0.3, 0.4) is 0 Å². The summed E-state index contributed by atoms with van der Waals surface area (Å²) in [7, 11) is 1.69. The summed E-state index contributed by atoms with van der Waals surface area (Å²) in [6.45, 7) is 2.06. The van der Waals surface area contributed by atoms with E-state index in [0.29, 0.717) is 5.56 Å². The SMILES string of the molecule is Cc1ccc(Sc2ccc3c(c2)N(C)C(=O)C3O)cc1. The third kappa shape index (κ3) is 2.21. The summed E-state index contributed by atoms with van der Waals surface area (Å²) in [5.41, 5.74) is 2.71. The van der Waals surface area contributed by atoms with Gasteiger partial charge < -0.3 is 10.0 Å². The van der Waals surface area contributed by atoms with Crippen molar-refractivity contribution in [2.75, 3.05) is 11.9 Å². The molecular weight excluding hydrogens is 270 g/mol. The molecule has 0 radical (unpaired) electrons. The maximum absolute atomic E-state index is 11.7. The van der Waals surface area contributed by atoms with Crippen LogP contribution >= 0.6 is 11.8 Å². The second-order valence-corrected chi connectivity index (χ2v) is 6.08. The number of fused-ring (bicyclic) bond motifs is 1. The fraction of sp³-hybridized carbons (Fsp3) is 0.188. The van der Waals surface area contributed by atoms with E-state index in [4.69, 9.17) is 0 Å². The summed E-state index contributed by atoms with van der Waals surface area (Å²) in [5, 5.41) is 9.83. The summed E-state index contributed by atoms with van der Waals surface area (Å²) in [5.74, 6) is -0.266. The predicted molar refractivity (Wildman–Crippen MR) is 80.1 cm³/mol. The summed E-state index contributed by atoms with van der Waals surface area (Å²) in [6.07, 6.45) is -1.02. The molecule has 1 amide bonds. The summed E-state index contributed by atoms with van der Waals surface area (Å²) >= 11 is 1.65. The molecule has 102 valence electrons. The molecule has 0 aromatic heterocycles. The van der Waals surface area contributed by atoms with E-state index in [1.54, 1.807) is 18.8 Å². The lowest BCUT2D eigenvalue weighted by molar-refractivity contribution is -0.125. The number of nitrogens with zero attached hydrogens (tertiary/aromatic N) is 1. The average Bonchev–Trinajstić information content (AvgIpc) is 2.66. The largest absolute Gasteiger partial charge is 0.378 e. The van der Waals surface area contributed by atoms with E-state index in [0.717, 1.165) is 15.5 Å². The minimum absolute atomic E-state index is 0.266. The molecule has 2 aromatic rings. The Morgan fingerprint density at radius 3 is 2.45 bits per heavy atom. The predicted octanol–water partition coefficient (Wildman–Crippen LogP) is 3.16. The Morgan fingerprint density at radius 1 is 1.10 bits per heavy atom. The van der Waals surface area contributed by atoms with Crippen LogP contribution in [0.4, 0.5) is 5.69 Å². The van der Waals surface area contributed by atoms with Gasteiger partial charge in [0.25, 0.3) is 5.91 Å². The molecule has 1 atom stereocenters. The fourth-order valence-corrected chi connectivity index (χ4v) is 3.14. The van der Waals surface area contributed by atoms with Crippen molar-refractivity contribution >= 4 is 23.4 Å². The van der Waals surface area contributed by atoms with Gasteiger partial charge in [-0.3, -0.25) is 4.79 Å². The van der Waals surface area contributed by atoms with Gasteiger partial charge >= 0.3 is 0 Å². The first-order valence-electron chi connectivity index (χ1n) is 6.40. The molecule has 2 aromatic carbocycles. The van der Waals surface area contributed by atoms with Crippen LogP contribution in [0.5, 0.6) is 0 Å². The fourth-order valence-electron chi connectivity index (χ4n) is 2.29. The van der Waals surface area contributed by atoms with Gasteiger partial charge in [-0.15, -0.1) is 0 Å². The third-order valence-corrected chi connectivity index (χ3v) is 4.48. The first-order chi connectivity index (χ1) is 9.56. The lowest BCUT2D eigenvalue weighted by atomic mass is 10.1. The standard InChI is InChI=1S/C16H15NO2S/c1-10-3-5-11(6-4-10)20-12-7-8-13-14(9-12)17(2)16(19)15(13)18/h3-9,15,18H,1-2H3. The number of likely N-dealkylation sites (N-methyl/N-ethyl adjacent to an activating group) is 1. The molecule has 0 saturated carbocycles. The third-order valence-electron chi connectivity index (χ3n) is 3.48. The van der Waals surface area contributed by atoms with Gasteiger partial charge in [-0.2, -0.15) is 0 Å². The number of benzene rings is 2. The Morgan fingerprint density at radius 2 is 1.75 bits per heavy atom. The lowest BCUT2D eigenvalue weighted by Crippen LogP contribution is -2.23. The van der Waals surface area contributed by atoms with Crippen molar-refractivity contribution in [3.05, 3.63) is 53.6 Å². The molecule has 1 unspecified atom stereocenters. The highest BCUT2D eigenvalue weighted by atomic mass is 32.2. The van der Waals surface area contributed by atoms with Crippen LogP contribution in [0.15, 0.2) is 52.3 Å². The van der Waals surface area contributed by atoms with Gasteiger partial charge in [0, 0.05) is 22.4 Å². The quantitative estimate of drug-likeness (QED) is 0.921. The van der Waals surface area contributed by atoms with Gasteiger partial charge in [-0.1, -0.05) is 35.5 Å². The Balaban J connectivity index is 1.90. The number of carbonyl (C=O) groups is 1. The molecule has 0 fully saturated rings. The summed E-state index contributed by atoms with van der Waals surface area (Å²) in [4.78, 5) is 15.5. The van der Waals surface area contributed by atoms with Crippen LogP contribution in [0.2, 0.25) is 0 Å². The molecule has 0 saturated heterocycles. The normalized spacial score (nSPS) is 17.4. The maximum atomic E-state index is 11.7. The van der Waals surface area contributed by atoms with E-state index in [1.165, 1.54) is 10.5 Å². The number of hydrogen-bond acceptors (Lipinski definition) is 3. The van der Waals surface area contributed by atoms with Crippen LogP contribution < -0.4 is 4.90 Å². The van der Waals surface area contributed by atoms with Gasteiger partial charge in [0.1, 0.15) is 0 Å². The van der Waals surface area contributed by atoms with Crippen molar-refractivity contribution < 1.29 is 9.90 Å². The lowest BCUT2D eigenvalue weighted by Gasteiger charge is -2.11. The van der Waals surface area contributed by atoms with Crippen LogP contribution in [-0.2, 0) is 4.79 Å². The average molecular weight is 285 g/mol. The Hall–Kier alpha value is -1.78. The molecule has 1 aliphatic heterocycles. The number of amides is 1. The second-order valence-electron chi connectivity index (χ2n) is 4.94. The van der Waals surface area contributed by atoms with E-state index < -0.39 is 6.10 Å². The van der Waals surface area contributed by atoms with Gasteiger partial charge in [0.05, 0.1) is 5.69 Å². The highest BCUT2D eigenvalue weighted by molar-refractivity contribution is 7.99. The Kier molecular flexibility index (Phi) is 3.28. The highest BCUT2D eigenvalue weighted by Gasteiger charge is 2.33. The smallest absolute Gasteiger partial charge is 0.260 e. The second kappa shape index (κ2) is 4.96. The molecular formula is C16H15NO2S. The number of aliphatic hydroxyl groups is 1. The van der Waals surface area contributed by atoms with E-state index in [1.807, 2.05) is 18.2 Å². The highest BCUT2D eigenvalue weighted by Crippen LogP contribution is 2.39. The number of hydrogen-bond donors (Lipinski definition) is 1. The number of anilines is 1. The molecule has 0 bridgehead atoms. The van der Waals surface area contributed by atoms with E-state index in [-0.39, 0.29) is 5.91 Å². The van der Waals surface area contributed by atoms with Crippen LogP contribution in [0.25, 0.3) is 0 Å². The minimum atomic E-state index is -1.02. The van der Waals surface area contributed by atoms with Crippen molar-refractivity contribution in [1.82, 2.24) is 0 Å². The van der Waals surface area contributed by atoms with Gasteiger partial charge in [0.15, 0.2) is 6.10 Å². The van der Waals surface area contributed by atoms with Crippen molar-refractivity contribution in [3.63, 3.8) is 0 Å². The van der Waals surface area contributed by atoms with Crippen molar-refractivity contribution in [1.29, 1.82) is 0 Å². The van der Waals surface area contributed by atoms with E-state index in [2.05, 4.69) is 31.2 Å². The molecule has 0 spiro atoms. The first kappa shape index (κ1) is 13.2. The first-order valence-corrected chi connectivity index (χ1v) is 7.22.